The second kappa shape index (κ2) is 5.74. The van der Waals surface area contributed by atoms with E-state index in [1.807, 2.05) is 0 Å². The molecule has 1 aliphatic carbocycles. The largest absolute Gasteiger partial charge is 0.460 e. The van der Waals surface area contributed by atoms with Crippen LogP contribution in [0.1, 0.15) is 32.1 Å². The van der Waals surface area contributed by atoms with Crippen LogP contribution >= 0.6 is 0 Å². The summed E-state index contributed by atoms with van der Waals surface area (Å²) in [5, 5.41) is 0. The van der Waals surface area contributed by atoms with E-state index in [9.17, 15) is 13.2 Å². The molecule has 0 aromatic heterocycles. The molecule has 0 spiro atoms. The maximum absolute atomic E-state index is 12.4. The van der Waals surface area contributed by atoms with Gasteiger partial charge in [-0.2, -0.15) is 0 Å². The molecule has 104 valence electrons. The summed E-state index contributed by atoms with van der Waals surface area (Å²) in [7, 11) is -3.42. The first-order valence-corrected chi connectivity index (χ1v) is 8.13. The van der Waals surface area contributed by atoms with Gasteiger partial charge in [0.05, 0.1) is 10.6 Å². The van der Waals surface area contributed by atoms with Crippen molar-refractivity contribution in [2.75, 3.05) is 5.75 Å². The Kier molecular flexibility index (Phi) is 4.24. The first kappa shape index (κ1) is 14.1. The highest BCUT2D eigenvalue weighted by atomic mass is 32.2. The van der Waals surface area contributed by atoms with Gasteiger partial charge in [0.25, 0.3) is 6.47 Å². The lowest BCUT2D eigenvalue weighted by molar-refractivity contribution is -0.144. The summed E-state index contributed by atoms with van der Waals surface area (Å²) < 4.78 is 29.9. The van der Waals surface area contributed by atoms with Gasteiger partial charge in [0.15, 0.2) is 9.84 Å². The van der Waals surface area contributed by atoms with Crippen molar-refractivity contribution in [1.82, 2.24) is 0 Å². The summed E-state index contributed by atoms with van der Waals surface area (Å²) in [4.78, 5) is 11.0. The quantitative estimate of drug-likeness (QED) is 0.778. The molecule has 1 saturated carbocycles. The zero-order valence-corrected chi connectivity index (χ0v) is 11.6. The third-order valence-corrected chi connectivity index (χ3v) is 5.51. The van der Waals surface area contributed by atoms with E-state index in [2.05, 4.69) is 0 Å². The van der Waals surface area contributed by atoms with Crippen LogP contribution in [0.25, 0.3) is 0 Å². The molecule has 0 aliphatic heterocycles. The van der Waals surface area contributed by atoms with Gasteiger partial charge in [0.1, 0.15) is 5.60 Å². The van der Waals surface area contributed by atoms with Gasteiger partial charge in [-0.1, -0.05) is 24.6 Å². The Morgan fingerprint density at radius 2 is 1.74 bits per heavy atom. The van der Waals surface area contributed by atoms with Gasteiger partial charge in [-0.05, 0) is 37.8 Å². The molecule has 2 rings (SSSR count). The summed E-state index contributed by atoms with van der Waals surface area (Å²) in [5.74, 6) is -0.122. The van der Waals surface area contributed by atoms with Crippen molar-refractivity contribution in [2.24, 2.45) is 0 Å². The maximum Gasteiger partial charge on any atom is 0.293 e. The predicted octanol–water partition coefficient (Wildman–Crippen LogP) is 2.34. The van der Waals surface area contributed by atoms with E-state index in [0.29, 0.717) is 19.3 Å². The fourth-order valence-electron chi connectivity index (χ4n) is 2.65. The van der Waals surface area contributed by atoms with Crippen molar-refractivity contribution in [3.05, 3.63) is 30.3 Å². The van der Waals surface area contributed by atoms with Gasteiger partial charge >= 0.3 is 0 Å². The summed E-state index contributed by atoms with van der Waals surface area (Å²) in [6, 6.07) is 8.32. The molecule has 0 saturated heterocycles. The number of ether oxygens (including phenoxy) is 1. The summed E-state index contributed by atoms with van der Waals surface area (Å²) >= 11 is 0. The third-order valence-electron chi connectivity index (χ3n) is 3.62. The highest BCUT2D eigenvalue weighted by molar-refractivity contribution is 7.91. The van der Waals surface area contributed by atoms with Gasteiger partial charge in [0.2, 0.25) is 0 Å². The molecule has 0 atom stereocenters. The van der Waals surface area contributed by atoms with Crippen LogP contribution in [0.2, 0.25) is 0 Å². The minimum absolute atomic E-state index is 0.122. The third kappa shape index (κ3) is 3.35. The summed E-state index contributed by atoms with van der Waals surface area (Å²) in [6.07, 6.45) is 4.11. The number of carbonyl (C=O) groups is 1. The van der Waals surface area contributed by atoms with Crippen molar-refractivity contribution in [2.45, 2.75) is 42.6 Å². The molecule has 1 aliphatic rings. The zero-order valence-electron chi connectivity index (χ0n) is 10.7. The van der Waals surface area contributed by atoms with Crippen LogP contribution in [-0.2, 0) is 19.4 Å². The van der Waals surface area contributed by atoms with Gasteiger partial charge in [0, 0.05) is 0 Å². The fourth-order valence-corrected chi connectivity index (χ4v) is 4.44. The van der Waals surface area contributed by atoms with E-state index < -0.39 is 15.4 Å². The van der Waals surface area contributed by atoms with E-state index in [1.165, 1.54) is 0 Å². The van der Waals surface area contributed by atoms with Crippen molar-refractivity contribution in [3.63, 3.8) is 0 Å². The number of hydrogen-bond acceptors (Lipinski definition) is 4. The van der Waals surface area contributed by atoms with E-state index in [0.717, 1.165) is 19.3 Å². The SMILES string of the molecule is O=COC1(CS(=O)(=O)c2ccccc2)CCCCC1. The highest BCUT2D eigenvalue weighted by Gasteiger charge is 2.39. The van der Waals surface area contributed by atoms with Gasteiger partial charge in [-0.15, -0.1) is 0 Å². The summed E-state index contributed by atoms with van der Waals surface area (Å²) in [5.41, 5.74) is -0.839. The standard InChI is InChI=1S/C14H18O4S/c15-12-18-14(9-5-2-6-10-14)11-19(16,17)13-7-3-1-4-8-13/h1,3-4,7-8,12H,2,5-6,9-11H2. The lowest BCUT2D eigenvalue weighted by Crippen LogP contribution is -2.41. The molecule has 5 heteroatoms. The summed E-state index contributed by atoms with van der Waals surface area (Å²) in [6.45, 7) is 0.381. The lowest BCUT2D eigenvalue weighted by atomic mass is 9.86. The Bertz CT molecular complexity index is 516. The van der Waals surface area contributed by atoms with Crippen molar-refractivity contribution < 1.29 is 17.9 Å². The zero-order chi connectivity index (χ0) is 13.8. The van der Waals surface area contributed by atoms with Gasteiger partial charge in [-0.25, -0.2) is 8.42 Å². The Morgan fingerprint density at radius 3 is 2.32 bits per heavy atom. The average molecular weight is 282 g/mol. The predicted molar refractivity (Wildman–Crippen MR) is 71.5 cm³/mol. The Morgan fingerprint density at radius 1 is 1.11 bits per heavy atom. The van der Waals surface area contributed by atoms with E-state index in [1.54, 1.807) is 30.3 Å². The van der Waals surface area contributed by atoms with E-state index in [-0.39, 0.29) is 10.6 Å². The van der Waals surface area contributed by atoms with Crippen molar-refractivity contribution in [1.29, 1.82) is 0 Å². The normalized spacial score (nSPS) is 18.7. The second-order valence-corrected chi connectivity index (χ2v) is 7.02. The van der Waals surface area contributed by atoms with Crippen LogP contribution in [0.5, 0.6) is 0 Å². The molecule has 0 radical (unpaired) electrons. The van der Waals surface area contributed by atoms with Gasteiger partial charge < -0.3 is 4.74 Å². The minimum Gasteiger partial charge on any atom is -0.460 e. The lowest BCUT2D eigenvalue weighted by Gasteiger charge is -2.34. The number of benzene rings is 1. The molecule has 0 N–H and O–H groups in total. The molecular formula is C14H18O4S. The molecule has 0 bridgehead atoms. The highest BCUT2D eigenvalue weighted by Crippen LogP contribution is 2.33. The molecular weight excluding hydrogens is 264 g/mol. The van der Waals surface area contributed by atoms with Crippen LogP contribution < -0.4 is 0 Å². The molecule has 19 heavy (non-hydrogen) atoms. The van der Waals surface area contributed by atoms with Crippen LogP contribution in [0.4, 0.5) is 0 Å². The molecule has 0 heterocycles. The average Bonchev–Trinajstić information content (AvgIpc) is 2.40. The molecule has 1 aromatic carbocycles. The van der Waals surface area contributed by atoms with E-state index >= 15 is 0 Å². The number of sulfone groups is 1. The Hall–Kier alpha value is -1.36. The molecule has 0 unspecified atom stereocenters. The Balaban J connectivity index is 2.23. The molecule has 1 fully saturated rings. The van der Waals surface area contributed by atoms with Crippen molar-refractivity contribution in [3.8, 4) is 0 Å². The monoisotopic (exact) mass is 282 g/mol. The molecule has 4 nitrogen and oxygen atoms in total. The van der Waals surface area contributed by atoms with Gasteiger partial charge in [-0.3, -0.25) is 4.79 Å². The molecule has 0 amide bonds. The van der Waals surface area contributed by atoms with Crippen LogP contribution in [0.3, 0.4) is 0 Å². The fraction of sp³-hybridized carbons (Fsp3) is 0.500. The van der Waals surface area contributed by atoms with Crippen LogP contribution in [0.15, 0.2) is 35.2 Å². The van der Waals surface area contributed by atoms with Crippen LogP contribution in [0, 0.1) is 0 Å². The number of rotatable bonds is 5. The van der Waals surface area contributed by atoms with Crippen LogP contribution in [-0.4, -0.2) is 26.2 Å². The smallest absolute Gasteiger partial charge is 0.293 e. The topological polar surface area (TPSA) is 60.4 Å². The number of hydrogen-bond donors (Lipinski definition) is 0. The first-order valence-electron chi connectivity index (χ1n) is 6.47. The van der Waals surface area contributed by atoms with Crippen molar-refractivity contribution >= 4 is 16.3 Å². The minimum atomic E-state index is -3.42. The maximum atomic E-state index is 12.4. The second-order valence-electron chi connectivity index (χ2n) is 5.03. The Labute approximate surface area is 113 Å². The van der Waals surface area contributed by atoms with E-state index in [4.69, 9.17) is 4.74 Å². The number of carbonyl (C=O) groups excluding carboxylic acids is 1. The molecule has 1 aromatic rings. The first-order chi connectivity index (χ1) is 9.08.